The third-order valence-electron chi connectivity index (χ3n) is 3.34. The number of anilines is 1. The molecule has 3 rings (SSSR count). The quantitative estimate of drug-likeness (QED) is 0.895. The van der Waals surface area contributed by atoms with Crippen LogP contribution in [0.3, 0.4) is 0 Å². The van der Waals surface area contributed by atoms with Crippen LogP contribution in [0, 0.1) is 6.92 Å². The standard InChI is InChI=1S/C13H17N5O/c1-10-4-5-11-15-13(16-18(11)9-10)14-8-12(19)17-6-2-3-7-17/h4-5,9H,2-3,6-8H2,1H3,(H,14,16). The van der Waals surface area contributed by atoms with Crippen molar-refractivity contribution in [3.05, 3.63) is 23.9 Å². The van der Waals surface area contributed by atoms with E-state index in [1.54, 1.807) is 4.52 Å². The predicted molar refractivity (Wildman–Crippen MR) is 72.0 cm³/mol. The maximum atomic E-state index is 11.9. The van der Waals surface area contributed by atoms with Gasteiger partial charge in [-0.2, -0.15) is 4.98 Å². The van der Waals surface area contributed by atoms with Gasteiger partial charge >= 0.3 is 0 Å². The number of rotatable bonds is 3. The van der Waals surface area contributed by atoms with Crippen molar-refractivity contribution in [2.24, 2.45) is 0 Å². The molecule has 0 radical (unpaired) electrons. The molecule has 0 aliphatic carbocycles. The Balaban J connectivity index is 1.66. The van der Waals surface area contributed by atoms with Crippen molar-refractivity contribution in [2.45, 2.75) is 19.8 Å². The SMILES string of the molecule is Cc1ccc2nc(NCC(=O)N3CCCC3)nn2c1. The van der Waals surface area contributed by atoms with Crippen molar-refractivity contribution in [1.29, 1.82) is 0 Å². The van der Waals surface area contributed by atoms with Crippen molar-refractivity contribution in [3.63, 3.8) is 0 Å². The second-order valence-corrected chi connectivity index (χ2v) is 4.89. The van der Waals surface area contributed by atoms with Crippen LogP contribution in [0.15, 0.2) is 18.3 Å². The Morgan fingerprint density at radius 2 is 2.16 bits per heavy atom. The lowest BCUT2D eigenvalue weighted by atomic mass is 10.3. The highest BCUT2D eigenvalue weighted by Crippen LogP contribution is 2.09. The molecule has 0 aromatic carbocycles. The van der Waals surface area contributed by atoms with Crippen molar-refractivity contribution in [3.8, 4) is 0 Å². The minimum atomic E-state index is 0.118. The first-order chi connectivity index (χ1) is 9.22. The van der Waals surface area contributed by atoms with E-state index in [-0.39, 0.29) is 12.5 Å². The van der Waals surface area contributed by atoms with Crippen LogP contribution in [0.5, 0.6) is 0 Å². The van der Waals surface area contributed by atoms with Gasteiger partial charge in [0.05, 0.1) is 6.54 Å². The summed E-state index contributed by atoms with van der Waals surface area (Å²) < 4.78 is 1.72. The molecule has 0 spiro atoms. The number of hydrogen-bond donors (Lipinski definition) is 1. The number of likely N-dealkylation sites (tertiary alicyclic amines) is 1. The maximum Gasteiger partial charge on any atom is 0.243 e. The molecule has 2 aromatic rings. The molecule has 1 N–H and O–H groups in total. The summed E-state index contributed by atoms with van der Waals surface area (Å²) in [6.45, 7) is 4.01. The van der Waals surface area contributed by atoms with Gasteiger partial charge in [0.2, 0.25) is 11.9 Å². The summed E-state index contributed by atoms with van der Waals surface area (Å²) >= 11 is 0. The molecule has 1 aliphatic rings. The molecular weight excluding hydrogens is 242 g/mol. The fraction of sp³-hybridized carbons (Fsp3) is 0.462. The Kier molecular flexibility index (Phi) is 3.06. The number of fused-ring (bicyclic) bond motifs is 1. The molecule has 2 aromatic heterocycles. The number of carbonyl (C=O) groups is 1. The van der Waals surface area contributed by atoms with Crippen molar-refractivity contribution < 1.29 is 4.79 Å². The molecule has 3 heterocycles. The number of hydrogen-bond acceptors (Lipinski definition) is 4. The summed E-state index contributed by atoms with van der Waals surface area (Å²) in [6.07, 6.45) is 4.13. The number of carbonyl (C=O) groups excluding carboxylic acids is 1. The zero-order valence-electron chi connectivity index (χ0n) is 11.0. The van der Waals surface area contributed by atoms with E-state index in [9.17, 15) is 4.79 Å². The topological polar surface area (TPSA) is 62.5 Å². The highest BCUT2D eigenvalue weighted by molar-refractivity contribution is 5.80. The van der Waals surface area contributed by atoms with Crippen molar-refractivity contribution >= 4 is 17.5 Å². The van der Waals surface area contributed by atoms with Crippen LogP contribution in [0.1, 0.15) is 18.4 Å². The number of aromatic nitrogens is 3. The van der Waals surface area contributed by atoms with Gasteiger partial charge in [-0.1, -0.05) is 6.07 Å². The van der Waals surface area contributed by atoms with Gasteiger partial charge in [0, 0.05) is 19.3 Å². The first-order valence-electron chi connectivity index (χ1n) is 6.57. The van der Waals surface area contributed by atoms with Crippen LogP contribution in [0.2, 0.25) is 0 Å². The van der Waals surface area contributed by atoms with E-state index in [0.29, 0.717) is 5.95 Å². The van der Waals surface area contributed by atoms with E-state index in [4.69, 9.17) is 0 Å². The molecule has 1 aliphatic heterocycles. The summed E-state index contributed by atoms with van der Waals surface area (Å²) in [5.74, 6) is 0.616. The van der Waals surface area contributed by atoms with Gasteiger partial charge in [0.1, 0.15) is 0 Å². The molecule has 1 saturated heterocycles. The smallest absolute Gasteiger partial charge is 0.243 e. The van der Waals surface area contributed by atoms with Gasteiger partial charge in [-0.15, -0.1) is 5.10 Å². The van der Waals surface area contributed by atoms with Crippen LogP contribution in [-0.4, -0.2) is 45.0 Å². The Morgan fingerprint density at radius 1 is 1.37 bits per heavy atom. The van der Waals surface area contributed by atoms with Crippen LogP contribution < -0.4 is 5.32 Å². The normalized spacial score (nSPS) is 15.1. The van der Waals surface area contributed by atoms with Crippen molar-refractivity contribution in [1.82, 2.24) is 19.5 Å². The lowest BCUT2D eigenvalue weighted by Crippen LogP contribution is -2.33. The number of aryl methyl sites for hydroxylation is 1. The summed E-state index contributed by atoms with van der Waals surface area (Å²) in [5.41, 5.74) is 1.90. The highest BCUT2D eigenvalue weighted by Gasteiger charge is 2.17. The third-order valence-corrected chi connectivity index (χ3v) is 3.34. The Bertz CT molecular complexity index is 600. The molecule has 0 unspecified atom stereocenters. The molecular formula is C13H17N5O. The van der Waals surface area contributed by atoms with E-state index < -0.39 is 0 Å². The van der Waals surface area contributed by atoms with E-state index in [1.807, 2.05) is 30.2 Å². The minimum Gasteiger partial charge on any atom is -0.344 e. The number of nitrogens with one attached hydrogen (secondary N) is 1. The Morgan fingerprint density at radius 3 is 2.95 bits per heavy atom. The zero-order chi connectivity index (χ0) is 13.2. The lowest BCUT2D eigenvalue weighted by Gasteiger charge is -2.14. The van der Waals surface area contributed by atoms with Gasteiger partial charge in [-0.25, -0.2) is 4.52 Å². The Hall–Kier alpha value is -2.11. The van der Waals surface area contributed by atoms with E-state index in [0.717, 1.165) is 37.1 Å². The first kappa shape index (κ1) is 12.0. The van der Waals surface area contributed by atoms with Gasteiger partial charge in [0.15, 0.2) is 5.65 Å². The summed E-state index contributed by atoms with van der Waals surface area (Å²) in [7, 11) is 0. The monoisotopic (exact) mass is 259 g/mol. The van der Waals surface area contributed by atoms with Crippen LogP contribution in [0.4, 0.5) is 5.95 Å². The van der Waals surface area contributed by atoms with Crippen molar-refractivity contribution in [2.75, 3.05) is 25.0 Å². The van der Waals surface area contributed by atoms with E-state index >= 15 is 0 Å². The summed E-state index contributed by atoms with van der Waals surface area (Å²) in [6, 6.07) is 3.90. The molecule has 0 bridgehead atoms. The number of amides is 1. The lowest BCUT2D eigenvalue weighted by molar-refractivity contribution is -0.128. The minimum absolute atomic E-state index is 0.118. The highest BCUT2D eigenvalue weighted by atomic mass is 16.2. The molecule has 100 valence electrons. The fourth-order valence-electron chi connectivity index (χ4n) is 2.29. The van der Waals surface area contributed by atoms with Crippen LogP contribution >= 0.6 is 0 Å². The number of pyridine rings is 1. The Labute approximate surface area is 111 Å². The molecule has 19 heavy (non-hydrogen) atoms. The first-order valence-corrected chi connectivity index (χ1v) is 6.57. The molecule has 6 nitrogen and oxygen atoms in total. The van der Waals surface area contributed by atoms with Gasteiger partial charge < -0.3 is 10.2 Å². The molecule has 1 amide bonds. The fourth-order valence-corrected chi connectivity index (χ4v) is 2.29. The average Bonchev–Trinajstić information content (AvgIpc) is 3.04. The second-order valence-electron chi connectivity index (χ2n) is 4.89. The molecule has 1 fully saturated rings. The van der Waals surface area contributed by atoms with Crippen LogP contribution in [-0.2, 0) is 4.79 Å². The second kappa shape index (κ2) is 4.87. The third kappa shape index (κ3) is 2.52. The number of nitrogens with zero attached hydrogens (tertiary/aromatic N) is 4. The summed E-state index contributed by atoms with van der Waals surface area (Å²) in [5, 5.41) is 7.29. The van der Waals surface area contributed by atoms with Gasteiger partial charge in [0.25, 0.3) is 0 Å². The largest absolute Gasteiger partial charge is 0.344 e. The van der Waals surface area contributed by atoms with Gasteiger partial charge in [-0.3, -0.25) is 4.79 Å². The predicted octanol–water partition coefficient (Wildman–Crippen LogP) is 1.07. The molecule has 6 heteroatoms. The zero-order valence-corrected chi connectivity index (χ0v) is 11.0. The van der Waals surface area contributed by atoms with Crippen LogP contribution in [0.25, 0.3) is 5.65 Å². The van der Waals surface area contributed by atoms with Gasteiger partial charge in [-0.05, 0) is 31.4 Å². The molecule has 0 atom stereocenters. The van der Waals surface area contributed by atoms with E-state index in [1.165, 1.54) is 0 Å². The van der Waals surface area contributed by atoms with E-state index in [2.05, 4.69) is 15.4 Å². The summed E-state index contributed by atoms with van der Waals surface area (Å²) in [4.78, 5) is 18.1. The average molecular weight is 259 g/mol. The maximum absolute atomic E-state index is 11.9. The molecule has 0 saturated carbocycles.